The fourth-order valence-electron chi connectivity index (χ4n) is 2.38. The van der Waals surface area contributed by atoms with Crippen molar-refractivity contribution >= 4 is 0 Å². The third kappa shape index (κ3) is 13.9. The molecule has 4 aromatic carbocycles. The first kappa shape index (κ1) is 24.9. The molecule has 0 aromatic heterocycles. The fourth-order valence-corrected chi connectivity index (χ4v) is 2.38. The number of rotatable bonds is 2. The van der Waals surface area contributed by atoms with Gasteiger partial charge < -0.3 is 5.11 Å². The van der Waals surface area contributed by atoms with Gasteiger partial charge in [0.15, 0.2) is 0 Å². The van der Waals surface area contributed by atoms with Crippen LogP contribution in [0.5, 0.6) is 0 Å². The smallest absolute Gasteiger partial charge is 0.0471 e. The van der Waals surface area contributed by atoms with Crippen LogP contribution in [0.4, 0.5) is 0 Å². The second-order valence-corrected chi connectivity index (χ2v) is 6.92. The van der Waals surface area contributed by atoms with E-state index in [4.69, 9.17) is 5.11 Å². The molecule has 0 saturated heterocycles. The maximum atomic E-state index is 8.52. The molecule has 0 bridgehead atoms. The topological polar surface area (TPSA) is 20.2 Å². The summed E-state index contributed by atoms with van der Waals surface area (Å²) >= 11 is 0. The van der Waals surface area contributed by atoms with Crippen LogP contribution in [0.15, 0.2) is 121 Å². The van der Waals surface area contributed by atoms with Crippen LogP contribution in [-0.2, 0) is 6.42 Å². The Morgan fingerprint density at radius 1 is 0.433 bits per heavy atom. The first-order valence-corrected chi connectivity index (χ1v) is 10.3. The van der Waals surface area contributed by atoms with E-state index in [1.807, 2.05) is 84.9 Å². The van der Waals surface area contributed by atoms with Crippen molar-refractivity contribution in [1.29, 1.82) is 0 Å². The van der Waals surface area contributed by atoms with Crippen molar-refractivity contribution in [3.8, 4) is 0 Å². The molecule has 0 unspecified atom stereocenters. The number of hydrogen-bond donors (Lipinski definition) is 1. The van der Waals surface area contributed by atoms with Crippen LogP contribution in [-0.4, -0.2) is 11.7 Å². The molecule has 30 heavy (non-hydrogen) atoms. The molecule has 0 aliphatic rings. The maximum absolute atomic E-state index is 8.52. The summed E-state index contributed by atoms with van der Waals surface area (Å²) in [6, 6.07) is 40.7. The molecule has 0 fully saturated rings. The van der Waals surface area contributed by atoms with Gasteiger partial charge in [-0.15, -0.1) is 0 Å². The fraction of sp³-hybridized carbons (Fsp3) is 0.172. The van der Waals surface area contributed by atoms with Crippen molar-refractivity contribution in [2.45, 2.75) is 27.2 Å². The van der Waals surface area contributed by atoms with Crippen LogP contribution >= 0.6 is 0 Å². The lowest BCUT2D eigenvalue weighted by Crippen LogP contribution is -1.88. The third-order valence-corrected chi connectivity index (χ3v) is 4.06. The summed E-state index contributed by atoms with van der Waals surface area (Å²) < 4.78 is 0. The van der Waals surface area contributed by atoms with E-state index in [-0.39, 0.29) is 6.61 Å². The third-order valence-electron chi connectivity index (χ3n) is 4.06. The predicted octanol–water partition coefficient (Wildman–Crippen LogP) is 7.21. The Hall–Kier alpha value is -3.16. The van der Waals surface area contributed by atoms with Gasteiger partial charge in [0.05, 0.1) is 0 Å². The van der Waals surface area contributed by atoms with Crippen molar-refractivity contribution in [3.05, 3.63) is 144 Å². The van der Waals surface area contributed by atoms with Crippen LogP contribution in [0.2, 0.25) is 0 Å². The predicted molar refractivity (Wildman–Crippen MR) is 131 cm³/mol. The molecule has 4 aromatic rings. The second kappa shape index (κ2) is 16.8. The molecule has 0 heterocycles. The Kier molecular flexibility index (Phi) is 13.9. The minimum atomic E-state index is 0.240. The van der Waals surface area contributed by atoms with E-state index in [1.54, 1.807) is 0 Å². The van der Waals surface area contributed by atoms with Crippen molar-refractivity contribution < 1.29 is 5.11 Å². The van der Waals surface area contributed by atoms with Gasteiger partial charge >= 0.3 is 0 Å². The van der Waals surface area contributed by atoms with Gasteiger partial charge in [-0.2, -0.15) is 0 Å². The van der Waals surface area contributed by atoms with Crippen LogP contribution in [0, 0.1) is 20.8 Å². The molecule has 0 saturated carbocycles. The van der Waals surface area contributed by atoms with E-state index in [2.05, 4.69) is 57.2 Å². The van der Waals surface area contributed by atoms with Crippen LogP contribution in [0.25, 0.3) is 0 Å². The minimum Gasteiger partial charge on any atom is -0.396 e. The lowest BCUT2D eigenvalue weighted by molar-refractivity contribution is 0.299. The lowest BCUT2D eigenvalue weighted by atomic mass is 10.2. The van der Waals surface area contributed by atoms with E-state index < -0.39 is 0 Å². The maximum Gasteiger partial charge on any atom is 0.0471 e. The van der Waals surface area contributed by atoms with Crippen LogP contribution in [0.1, 0.15) is 22.3 Å². The van der Waals surface area contributed by atoms with Gasteiger partial charge in [0.25, 0.3) is 0 Å². The molecule has 1 nitrogen and oxygen atoms in total. The summed E-state index contributed by atoms with van der Waals surface area (Å²) in [7, 11) is 0. The minimum absolute atomic E-state index is 0.240. The average Bonchev–Trinajstić information content (AvgIpc) is 2.78. The van der Waals surface area contributed by atoms with Gasteiger partial charge in [0, 0.05) is 6.61 Å². The Balaban J connectivity index is 0.000000201. The van der Waals surface area contributed by atoms with E-state index in [9.17, 15) is 0 Å². The van der Waals surface area contributed by atoms with E-state index >= 15 is 0 Å². The number of aryl methyl sites for hydroxylation is 3. The molecular formula is C29H34O. The van der Waals surface area contributed by atoms with Crippen LogP contribution < -0.4 is 0 Å². The highest BCUT2D eigenvalue weighted by molar-refractivity contribution is 5.15. The number of hydrogen-bond acceptors (Lipinski definition) is 1. The van der Waals surface area contributed by atoms with E-state index in [0.717, 1.165) is 6.42 Å². The molecule has 1 heteroatoms. The summed E-state index contributed by atoms with van der Waals surface area (Å²) in [6.07, 6.45) is 0.765. The molecule has 156 valence electrons. The normalized spacial score (nSPS) is 8.93. The molecule has 4 rings (SSSR count). The molecule has 1 N–H and O–H groups in total. The zero-order valence-electron chi connectivity index (χ0n) is 18.4. The highest BCUT2D eigenvalue weighted by Crippen LogP contribution is 1.97. The summed E-state index contributed by atoms with van der Waals surface area (Å²) in [4.78, 5) is 0. The Morgan fingerprint density at radius 3 is 0.900 bits per heavy atom. The van der Waals surface area contributed by atoms with Gasteiger partial charge in [0.2, 0.25) is 0 Å². The first-order valence-electron chi connectivity index (χ1n) is 10.3. The van der Waals surface area contributed by atoms with Gasteiger partial charge in [-0.25, -0.2) is 0 Å². The summed E-state index contributed by atoms with van der Waals surface area (Å²) in [5, 5.41) is 8.52. The molecule has 0 atom stereocenters. The van der Waals surface area contributed by atoms with Gasteiger partial charge in [-0.05, 0) is 32.8 Å². The highest BCUT2D eigenvalue weighted by atomic mass is 16.2. The summed E-state index contributed by atoms with van der Waals surface area (Å²) in [5.41, 5.74) is 5.16. The SMILES string of the molecule is Cc1ccccc1.Cc1ccccc1.Cc1ccccc1.OCCc1ccccc1. The zero-order valence-corrected chi connectivity index (χ0v) is 18.4. The highest BCUT2D eigenvalue weighted by Gasteiger charge is 1.85. The Morgan fingerprint density at radius 2 is 0.700 bits per heavy atom. The van der Waals surface area contributed by atoms with Crippen molar-refractivity contribution in [2.24, 2.45) is 0 Å². The summed E-state index contributed by atoms with van der Waals surface area (Å²) in [6.45, 7) is 6.49. The van der Waals surface area contributed by atoms with Crippen molar-refractivity contribution in [2.75, 3.05) is 6.61 Å². The van der Waals surface area contributed by atoms with Crippen LogP contribution in [0.3, 0.4) is 0 Å². The average molecular weight is 399 g/mol. The first-order chi connectivity index (χ1) is 14.6. The molecule has 0 amide bonds. The van der Waals surface area contributed by atoms with E-state index in [1.165, 1.54) is 22.3 Å². The van der Waals surface area contributed by atoms with Crippen molar-refractivity contribution in [3.63, 3.8) is 0 Å². The molecule has 0 spiro atoms. The second-order valence-electron chi connectivity index (χ2n) is 6.92. The molecule has 0 radical (unpaired) electrons. The molecule has 0 aliphatic heterocycles. The monoisotopic (exact) mass is 398 g/mol. The largest absolute Gasteiger partial charge is 0.396 e. The quantitative estimate of drug-likeness (QED) is 0.378. The zero-order chi connectivity index (χ0) is 21.9. The number of aliphatic hydroxyl groups excluding tert-OH is 1. The van der Waals surface area contributed by atoms with Gasteiger partial charge in [-0.1, -0.05) is 138 Å². The van der Waals surface area contributed by atoms with Gasteiger partial charge in [0.1, 0.15) is 0 Å². The number of benzene rings is 4. The lowest BCUT2D eigenvalue weighted by Gasteiger charge is -1.93. The van der Waals surface area contributed by atoms with E-state index in [0.29, 0.717) is 0 Å². The Bertz CT molecular complexity index is 768. The van der Waals surface area contributed by atoms with Crippen molar-refractivity contribution in [1.82, 2.24) is 0 Å². The molecule has 0 aliphatic carbocycles. The van der Waals surface area contributed by atoms with Gasteiger partial charge in [-0.3, -0.25) is 0 Å². The summed E-state index contributed by atoms with van der Waals surface area (Å²) in [5.74, 6) is 0. The molecular weight excluding hydrogens is 364 g/mol. The number of aliphatic hydroxyl groups is 1. The Labute approximate surface area is 182 Å². The standard InChI is InChI=1S/C8H10O.3C7H8/c9-7-6-8-4-2-1-3-5-8;3*1-7-5-3-2-4-6-7/h1-5,9H,6-7H2;3*2-6H,1H3.